The fourth-order valence-electron chi connectivity index (χ4n) is 7.71. The van der Waals surface area contributed by atoms with Gasteiger partial charge in [0, 0.05) is 12.8 Å². The van der Waals surface area contributed by atoms with E-state index < -0.39 is 6.29 Å². The molecule has 0 radical (unpaired) electrons. The number of rotatable bonds is 32. The summed E-state index contributed by atoms with van der Waals surface area (Å²) in [6.07, 6.45) is 32.9. The van der Waals surface area contributed by atoms with E-state index in [0.717, 1.165) is 102 Å². The Kier molecular flexibility index (Phi) is 26.5. The molecule has 0 saturated heterocycles. The van der Waals surface area contributed by atoms with Crippen molar-refractivity contribution in [1.29, 1.82) is 0 Å². The maximum atomic E-state index is 12.0. The quantitative estimate of drug-likeness (QED) is 0.0430. The van der Waals surface area contributed by atoms with E-state index >= 15 is 0 Å². The minimum absolute atomic E-state index is 0.0228. The first-order chi connectivity index (χ1) is 23.4. The Bertz CT molecular complexity index is 712. The lowest BCUT2D eigenvalue weighted by Crippen LogP contribution is -2.23. The highest BCUT2D eigenvalue weighted by Crippen LogP contribution is 2.29. The van der Waals surface area contributed by atoms with Crippen LogP contribution in [-0.2, 0) is 23.8 Å². The topological polar surface area (TPSA) is 85.3 Å². The zero-order valence-corrected chi connectivity index (χ0v) is 31.6. The Labute approximate surface area is 296 Å². The van der Waals surface area contributed by atoms with Crippen LogP contribution in [0.3, 0.4) is 0 Å². The Morgan fingerprint density at radius 3 is 1.44 bits per heavy atom. The van der Waals surface area contributed by atoms with Crippen LogP contribution in [-0.4, -0.2) is 68.2 Å². The predicted molar refractivity (Wildman–Crippen MR) is 197 cm³/mol. The average molecular weight is 680 g/mol. The molecule has 1 unspecified atom stereocenters. The molecule has 0 bridgehead atoms. The van der Waals surface area contributed by atoms with Crippen molar-refractivity contribution in [2.24, 2.45) is 11.8 Å². The van der Waals surface area contributed by atoms with Gasteiger partial charge in [-0.3, -0.25) is 9.59 Å². The standard InChI is InChI=1S/C41H77NO6/c1-42(2)33-19-32-41(45)48-38(28-11-7-3-5-9-13-30-39(43)46-34-20-26-36-22-15-16-23-36)29-12-8-4-6-10-14-31-40(44)47-35-21-27-37-24-17-18-25-37/h36-38,41,45H,3-35H2,1-2H3. The third-order valence-electron chi connectivity index (χ3n) is 10.7. The van der Waals surface area contributed by atoms with Gasteiger partial charge in [-0.1, -0.05) is 116 Å². The van der Waals surface area contributed by atoms with Crippen molar-refractivity contribution < 1.29 is 28.9 Å². The van der Waals surface area contributed by atoms with Crippen molar-refractivity contribution in [3.8, 4) is 0 Å². The van der Waals surface area contributed by atoms with Crippen LogP contribution in [0.2, 0.25) is 0 Å². The molecule has 7 heteroatoms. The van der Waals surface area contributed by atoms with Gasteiger partial charge in [0.25, 0.3) is 0 Å². The molecule has 0 heterocycles. The number of aliphatic hydroxyl groups is 1. The fourth-order valence-corrected chi connectivity index (χ4v) is 7.71. The van der Waals surface area contributed by atoms with Crippen LogP contribution in [0.15, 0.2) is 0 Å². The molecule has 282 valence electrons. The van der Waals surface area contributed by atoms with Crippen molar-refractivity contribution in [3.05, 3.63) is 0 Å². The number of unbranched alkanes of at least 4 members (excludes halogenated alkanes) is 10. The van der Waals surface area contributed by atoms with Gasteiger partial charge in [-0.2, -0.15) is 0 Å². The maximum absolute atomic E-state index is 12.0. The fraction of sp³-hybridized carbons (Fsp3) is 0.951. The molecule has 7 nitrogen and oxygen atoms in total. The van der Waals surface area contributed by atoms with Gasteiger partial charge in [0.1, 0.15) is 0 Å². The predicted octanol–water partition coefficient (Wildman–Crippen LogP) is 10.3. The van der Waals surface area contributed by atoms with E-state index in [1.165, 1.54) is 89.9 Å². The van der Waals surface area contributed by atoms with Gasteiger partial charge in [-0.05, 0) is 96.7 Å². The number of hydrogen-bond acceptors (Lipinski definition) is 7. The number of aliphatic hydroxyl groups excluding tert-OH is 1. The van der Waals surface area contributed by atoms with Gasteiger partial charge in [-0.25, -0.2) is 0 Å². The van der Waals surface area contributed by atoms with Gasteiger partial charge in [0.15, 0.2) is 6.29 Å². The summed E-state index contributed by atoms with van der Waals surface area (Å²) in [5, 5.41) is 10.5. The summed E-state index contributed by atoms with van der Waals surface area (Å²) in [5.41, 5.74) is 0. The van der Waals surface area contributed by atoms with Crippen LogP contribution in [0.1, 0.15) is 193 Å². The lowest BCUT2D eigenvalue weighted by Gasteiger charge is -2.22. The zero-order valence-electron chi connectivity index (χ0n) is 31.6. The van der Waals surface area contributed by atoms with Gasteiger partial charge in [-0.15, -0.1) is 0 Å². The first-order valence-electron chi connectivity index (χ1n) is 20.7. The molecule has 0 amide bonds. The molecule has 2 fully saturated rings. The largest absolute Gasteiger partial charge is 0.466 e. The lowest BCUT2D eigenvalue weighted by atomic mass is 10.0. The van der Waals surface area contributed by atoms with E-state index in [4.69, 9.17) is 14.2 Å². The van der Waals surface area contributed by atoms with Crippen LogP contribution in [0, 0.1) is 11.8 Å². The molecule has 0 spiro atoms. The summed E-state index contributed by atoms with van der Waals surface area (Å²) < 4.78 is 17.0. The van der Waals surface area contributed by atoms with Crippen LogP contribution < -0.4 is 0 Å². The van der Waals surface area contributed by atoms with Gasteiger partial charge >= 0.3 is 11.9 Å². The summed E-state index contributed by atoms with van der Waals surface area (Å²) in [4.78, 5) is 26.2. The average Bonchev–Trinajstić information content (AvgIpc) is 3.78. The summed E-state index contributed by atoms with van der Waals surface area (Å²) in [5.74, 6) is 1.69. The first-order valence-corrected chi connectivity index (χ1v) is 20.7. The highest BCUT2D eigenvalue weighted by atomic mass is 16.6. The van der Waals surface area contributed by atoms with E-state index in [0.29, 0.717) is 32.5 Å². The van der Waals surface area contributed by atoms with Crippen LogP contribution >= 0.6 is 0 Å². The van der Waals surface area contributed by atoms with Crippen molar-refractivity contribution in [1.82, 2.24) is 4.90 Å². The molecule has 0 aromatic carbocycles. The van der Waals surface area contributed by atoms with Crippen molar-refractivity contribution in [2.45, 2.75) is 205 Å². The Morgan fingerprint density at radius 2 is 1.00 bits per heavy atom. The molecule has 0 aromatic rings. The van der Waals surface area contributed by atoms with Gasteiger partial charge in [0.05, 0.1) is 19.3 Å². The molecule has 0 aliphatic heterocycles. The summed E-state index contributed by atoms with van der Waals surface area (Å²) in [6.45, 7) is 2.16. The molecule has 1 N–H and O–H groups in total. The molecule has 1 atom stereocenters. The van der Waals surface area contributed by atoms with Crippen LogP contribution in [0.5, 0.6) is 0 Å². The van der Waals surface area contributed by atoms with E-state index in [9.17, 15) is 14.7 Å². The van der Waals surface area contributed by atoms with E-state index in [2.05, 4.69) is 19.0 Å². The normalized spacial score (nSPS) is 16.4. The van der Waals surface area contributed by atoms with Crippen molar-refractivity contribution in [3.63, 3.8) is 0 Å². The number of esters is 2. The first kappa shape index (κ1) is 43.0. The molecule has 2 saturated carbocycles. The maximum Gasteiger partial charge on any atom is 0.305 e. The van der Waals surface area contributed by atoms with Crippen LogP contribution in [0.25, 0.3) is 0 Å². The lowest BCUT2D eigenvalue weighted by molar-refractivity contribution is -0.144. The molecular formula is C41H77NO6. The third kappa shape index (κ3) is 24.9. The smallest absolute Gasteiger partial charge is 0.305 e. The van der Waals surface area contributed by atoms with Gasteiger partial charge < -0.3 is 24.2 Å². The second-order valence-electron chi connectivity index (χ2n) is 15.5. The number of hydrogen-bond donors (Lipinski definition) is 1. The third-order valence-corrected chi connectivity index (χ3v) is 10.7. The molecule has 2 aliphatic carbocycles. The number of carbonyl (C=O) groups excluding carboxylic acids is 2. The molecule has 2 rings (SSSR count). The van der Waals surface area contributed by atoms with Gasteiger partial charge in [0.2, 0.25) is 0 Å². The van der Waals surface area contributed by atoms with Crippen molar-refractivity contribution in [2.75, 3.05) is 33.9 Å². The minimum atomic E-state index is -0.681. The molecule has 48 heavy (non-hydrogen) atoms. The summed E-state index contributed by atoms with van der Waals surface area (Å²) >= 11 is 0. The zero-order chi connectivity index (χ0) is 34.5. The monoisotopic (exact) mass is 680 g/mol. The Hall–Kier alpha value is -1.18. The molecule has 0 aromatic heterocycles. The Morgan fingerprint density at radius 1 is 0.583 bits per heavy atom. The Balaban J connectivity index is 1.46. The van der Waals surface area contributed by atoms with E-state index in [1.807, 2.05) is 0 Å². The van der Waals surface area contributed by atoms with E-state index in [-0.39, 0.29) is 18.0 Å². The van der Waals surface area contributed by atoms with E-state index in [1.54, 1.807) is 0 Å². The summed E-state index contributed by atoms with van der Waals surface area (Å²) in [7, 11) is 4.12. The number of ether oxygens (including phenoxy) is 3. The SMILES string of the molecule is CN(C)CCCC(O)OC(CCCCCCCCC(=O)OCCCC1CCCC1)CCCCCCCCC(=O)OCCCC1CCCC1. The number of nitrogens with zero attached hydrogens (tertiary/aromatic N) is 1. The molecular weight excluding hydrogens is 602 g/mol. The minimum Gasteiger partial charge on any atom is -0.466 e. The summed E-state index contributed by atoms with van der Waals surface area (Å²) in [6, 6.07) is 0. The second kappa shape index (κ2) is 29.5. The number of carbonyl (C=O) groups is 2. The highest BCUT2D eigenvalue weighted by Gasteiger charge is 2.17. The highest BCUT2D eigenvalue weighted by molar-refractivity contribution is 5.69. The van der Waals surface area contributed by atoms with Crippen LogP contribution in [0.4, 0.5) is 0 Å². The second-order valence-corrected chi connectivity index (χ2v) is 15.5. The molecule has 2 aliphatic rings. The van der Waals surface area contributed by atoms with Crippen molar-refractivity contribution >= 4 is 11.9 Å².